The number of nitrogens with one attached hydrogen (secondary N) is 1. The van der Waals surface area contributed by atoms with Gasteiger partial charge in [0.15, 0.2) is 0 Å². The van der Waals surface area contributed by atoms with Crippen LogP contribution in [-0.4, -0.2) is 11.9 Å². The minimum absolute atomic E-state index is 0.244. The van der Waals surface area contributed by atoms with Crippen LogP contribution < -0.4 is 11.3 Å². The van der Waals surface area contributed by atoms with E-state index in [1.54, 1.807) is 12.1 Å². The molecule has 5 heteroatoms. The average molecular weight is 228 g/mol. The Balaban J connectivity index is 2.41. The summed E-state index contributed by atoms with van der Waals surface area (Å²) < 4.78 is 13.5. The van der Waals surface area contributed by atoms with Gasteiger partial charge in [-0.1, -0.05) is 17.7 Å². The molecule has 1 aromatic rings. The normalized spacial score (nSPS) is 16.6. The molecule has 0 heterocycles. The third kappa shape index (κ3) is 2.27. The van der Waals surface area contributed by atoms with E-state index in [-0.39, 0.29) is 11.6 Å². The number of hydrogen-bond donors (Lipinski definition) is 2. The molecule has 0 unspecified atom stereocenters. The van der Waals surface area contributed by atoms with Gasteiger partial charge in [0, 0.05) is 0 Å². The van der Waals surface area contributed by atoms with E-state index in [1.807, 2.05) is 0 Å². The molecule has 0 radical (unpaired) electrons. The molecule has 3 N–H and O–H groups in total. The number of rotatable bonds is 2. The van der Waals surface area contributed by atoms with Crippen molar-refractivity contribution in [1.82, 2.24) is 5.43 Å². The molecule has 1 aliphatic carbocycles. The van der Waals surface area contributed by atoms with Crippen LogP contribution in [0.2, 0.25) is 5.02 Å². The van der Waals surface area contributed by atoms with Crippen molar-refractivity contribution >= 4 is 17.4 Å². The second-order valence-corrected chi connectivity index (χ2v) is 3.86. The Morgan fingerprint density at radius 3 is 2.80 bits per heavy atom. The SMILES string of the molecule is NNC(=NC1CC1)c1c(F)cccc1Cl. The predicted molar refractivity (Wildman–Crippen MR) is 58.3 cm³/mol. The maximum absolute atomic E-state index is 13.5. The van der Waals surface area contributed by atoms with E-state index in [4.69, 9.17) is 17.4 Å². The molecular weight excluding hydrogens is 217 g/mol. The quantitative estimate of drug-likeness (QED) is 0.351. The smallest absolute Gasteiger partial charge is 0.147 e. The van der Waals surface area contributed by atoms with E-state index in [0.29, 0.717) is 10.9 Å². The van der Waals surface area contributed by atoms with E-state index in [0.717, 1.165) is 12.8 Å². The number of benzene rings is 1. The van der Waals surface area contributed by atoms with Crippen molar-refractivity contribution in [3.05, 3.63) is 34.6 Å². The van der Waals surface area contributed by atoms with Gasteiger partial charge in [0.05, 0.1) is 16.6 Å². The van der Waals surface area contributed by atoms with Crippen LogP contribution in [-0.2, 0) is 0 Å². The summed E-state index contributed by atoms with van der Waals surface area (Å²) >= 11 is 5.89. The Hall–Kier alpha value is -1.13. The number of halogens is 2. The molecule has 15 heavy (non-hydrogen) atoms. The lowest BCUT2D eigenvalue weighted by molar-refractivity contribution is 0.624. The fourth-order valence-corrected chi connectivity index (χ4v) is 1.54. The lowest BCUT2D eigenvalue weighted by atomic mass is 10.2. The van der Waals surface area contributed by atoms with Crippen LogP contribution >= 0.6 is 11.6 Å². The van der Waals surface area contributed by atoms with Crippen LogP contribution in [0.25, 0.3) is 0 Å². The molecule has 0 amide bonds. The van der Waals surface area contributed by atoms with Gasteiger partial charge >= 0.3 is 0 Å². The molecule has 0 spiro atoms. The van der Waals surface area contributed by atoms with E-state index >= 15 is 0 Å². The second kappa shape index (κ2) is 4.16. The molecule has 1 saturated carbocycles. The highest BCUT2D eigenvalue weighted by Gasteiger charge is 2.23. The zero-order chi connectivity index (χ0) is 10.8. The number of aliphatic imine (C=N–C) groups is 1. The number of nitrogens with zero attached hydrogens (tertiary/aromatic N) is 1. The Bertz CT molecular complexity index is 381. The highest BCUT2D eigenvalue weighted by Crippen LogP contribution is 2.26. The van der Waals surface area contributed by atoms with Gasteiger partial charge in [-0.3, -0.25) is 4.99 Å². The summed E-state index contributed by atoms with van der Waals surface area (Å²) in [5, 5.41) is 0.312. The summed E-state index contributed by atoms with van der Waals surface area (Å²) in [5.74, 6) is 5.22. The van der Waals surface area contributed by atoms with Gasteiger partial charge in [0.2, 0.25) is 0 Å². The van der Waals surface area contributed by atoms with E-state index in [9.17, 15) is 4.39 Å². The Morgan fingerprint density at radius 2 is 2.27 bits per heavy atom. The highest BCUT2D eigenvalue weighted by molar-refractivity contribution is 6.34. The van der Waals surface area contributed by atoms with E-state index in [1.165, 1.54) is 6.07 Å². The van der Waals surface area contributed by atoms with Gasteiger partial charge in [-0.25, -0.2) is 10.2 Å². The molecule has 1 fully saturated rings. The van der Waals surface area contributed by atoms with E-state index in [2.05, 4.69) is 10.4 Å². The van der Waals surface area contributed by atoms with Crippen molar-refractivity contribution in [3.8, 4) is 0 Å². The molecule has 0 aliphatic heterocycles. The first kappa shape index (κ1) is 10.4. The zero-order valence-corrected chi connectivity index (χ0v) is 8.76. The summed E-state index contributed by atoms with van der Waals surface area (Å²) in [5.41, 5.74) is 2.64. The van der Waals surface area contributed by atoms with Gasteiger partial charge in [-0.15, -0.1) is 0 Å². The van der Waals surface area contributed by atoms with Crippen molar-refractivity contribution in [2.45, 2.75) is 18.9 Å². The fraction of sp³-hybridized carbons (Fsp3) is 0.300. The van der Waals surface area contributed by atoms with Crippen LogP contribution in [0, 0.1) is 5.82 Å². The predicted octanol–water partition coefficient (Wildman–Crippen LogP) is 1.85. The molecule has 80 valence electrons. The Labute approximate surface area is 92.1 Å². The molecule has 3 nitrogen and oxygen atoms in total. The van der Waals surface area contributed by atoms with Gasteiger partial charge in [0.1, 0.15) is 11.7 Å². The topological polar surface area (TPSA) is 50.4 Å². The van der Waals surface area contributed by atoms with Crippen molar-refractivity contribution in [1.29, 1.82) is 0 Å². The van der Waals surface area contributed by atoms with Crippen LogP contribution in [0.1, 0.15) is 18.4 Å². The third-order valence-corrected chi connectivity index (χ3v) is 2.51. The summed E-state index contributed by atoms with van der Waals surface area (Å²) in [6, 6.07) is 4.75. The summed E-state index contributed by atoms with van der Waals surface area (Å²) in [7, 11) is 0. The third-order valence-electron chi connectivity index (χ3n) is 2.19. The van der Waals surface area contributed by atoms with Crippen molar-refractivity contribution in [2.24, 2.45) is 10.8 Å². The van der Waals surface area contributed by atoms with Crippen molar-refractivity contribution in [3.63, 3.8) is 0 Å². The molecule has 2 rings (SSSR count). The molecule has 0 saturated heterocycles. The second-order valence-electron chi connectivity index (χ2n) is 3.45. The van der Waals surface area contributed by atoms with Gasteiger partial charge in [-0.2, -0.15) is 0 Å². The van der Waals surface area contributed by atoms with E-state index < -0.39 is 5.82 Å². The molecule has 1 aliphatic rings. The van der Waals surface area contributed by atoms with Crippen LogP contribution in [0.4, 0.5) is 4.39 Å². The van der Waals surface area contributed by atoms with Crippen molar-refractivity contribution < 1.29 is 4.39 Å². The van der Waals surface area contributed by atoms with Gasteiger partial charge in [0.25, 0.3) is 0 Å². The molecule has 1 aromatic carbocycles. The summed E-state index contributed by atoms with van der Waals surface area (Å²) in [4.78, 5) is 4.25. The standard InChI is InChI=1S/C10H11ClFN3/c11-7-2-1-3-8(12)9(7)10(15-13)14-6-4-5-6/h1-3,6H,4-5,13H2,(H,14,15). The fourth-order valence-electron chi connectivity index (χ4n) is 1.28. The monoisotopic (exact) mass is 227 g/mol. The number of nitrogens with two attached hydrogens (primary N) is 1. The Kier molecular flexibility index (Phi) is 2.88. The minimum atomic E-state index is -0.417. The lowest BCUT2D eigenvalue weighted by Crippen LogP contribution is -2.32. The number of amidine groups is 1. The first-order valence-corrected chi connectivity index (χ1v) is 5.09. The lowest BCUT2D eigenvalue weighted by Gasteiger charge is -2.08. The summed E-state index contributed by atoms with van der Waals surface area (Å²) in [6.45, 7) is 0. The number of hydrogen-bond acceptors (Lipinski definition) is 2. The van der Waals surface area contributed by atoms with Gasteiger partial charge in [-0.05, 0) is 25.0 Å². The molecule has 0 bridgehead atoms. The van der Waals surface area contributed by atoms with Crippen LogP contribution in [0.15, 0.2) is 23.2 Å². The molecule has 0 atom stereocenters. The maximum Gasteiger partial charge on any atom is 0.147 e. The Morgan fingerprint density at radius 1 is 1.53 bits per heavy atom. The maximum atomic E-state index is 13.5. The highest BCUT2D eigenvalue weighted by atomic mass is 35.5. The molecule has 0 aromatic heterocycles. The average Bonchev–Trinajstić information content (AvgIpc) is 2.99. The zero-order valence-electron chi connectivity index (χ0n) is 8.00. The van der Waals surface area contributed by atoms with Crippen LogP contribution in [0.3, 0.4) is 0 Å². The first-order valence-electron chi connectivity index (χ1n) is 4.71. The minimum Gasteiger partial charge on any atom is -0.308 e. The summed E-state index contributed by atoms with van der Waals surface area (Å²) in [6.07, 6.45) is 2.05. The molecular formula is C10H11ClFN3. The van der Waals surface area contributed by atoms with Gasteiger partial charge < -0.3 is 5.43 Å². The largest absolute Gasteiger partial charge is 0.308 e. The van der Waals surface area contributed by atoms with Crippen molar-refractivity contribution in [2.75, 3.05) is 0 Å². The number of hydrazine groups is 1. The van der Waals surface area contributed by atoms with Crippen LogP contribution in [0.5, 0.6) is 0 Å². The first-order chi connectivity index (χ1) is 7.22.